The second-order valence-electron chi connectivity index (χ2n) is 6.38. The van der Waals surface area contributed by atoms with E-state index < -0.39 is 0 Å². The van der Waals surface area contributed by atoms with E-state index in [-0.39, 0.29) is 0 Å². The van der Waals surface area contributed by atoms with Gasteiger partial charge in [-0.05, 0) is 25.9 Å². The molecule has 0 aliphatic carbocycles. The van der Waals surface area contributed by atoms with Crippen molar-refractivity contribution in [3.8, 4) is 12.1 Å². The lowest BCUT2D eigenvalue weighted by Gasteiger charge is -2.19. The highest BCUT2D eigenvalue weighted by molar-refractivity contribution is 4.76. The lowest BCUT2D eigenvalue weighted by atomic mass is 10.1. The van der Waals surface area contributed by atoms with Gasteiger partial charge >= 0.3 is 0 Å². The molecule has 0 aliphatic heterocycles. The lowest BCUT2D eigenvalue weighted by Crippen LogP contribution is -2.29. The maximum absolute atomic E-state index is 8.69. The fraction of sp³-hybridized carbons (Fsp3) is 0.800. The van der Waals surface area contributed by atoms with Crippen LogP contribution in [-0.4, -0.2) is 62.2 Å². The molecule has 0 heterocycles. The summed E-state index contributed by atoms with van der Waals surface area (Å²) in [4.78, 5) is 11.3. The Bertz CT molecular complexity index is 408. The van der Waals surface area contributed by atoms with Crippen LogP contribution in [0.2, 0.25) is 0 Å². The van der Waals surface area contributed by atoms with E-state index in [1.807, 2.05) is 0 Å². The smallest absolute Gasteiger partial charge is 0.227 e. The van der Waals surface area contributed by atoms with Crippen molar-refractivity contribution in [2.75, 3.05) is 52.4 Å². The monoisotopic (exact) mass is 356 g/mol. The van der Waals surface area contributed by atoms with E-state index in [0.29, 0.717) is 25.9 Å². The third-order valence-corrected chi connectivity index (χ3v) is 4.33. The number of hydrogen-bond acceptors (Lipinski definition) is 4. The minimum absolute atomic E-state index is 0.520. The summed E-state index contributed by atoms with van der Waals surface area (Å²) in [5, 5.41) is 17.4. The summed E-state index contributed by atoms with van der Waals surface area (Å²) in [5.74, 6) is 0. The molecule has 0 unspecified atom stereocenters. The van der Waals surface area contributed by atoms with Gasteiger partial charge in [0.15, 0.2) is 0 Å². The SMILES string of the molecule is [C-]#[N+]CCN(CCCCCCCCN(CCC#N)CCC#N)CC[N+]#[C-]. The summed E-state index contributed by atoms with van der Waals surface area (Å²) in [6, 6.07) is 4.35. The summed E-state index contributed by atoms with van der Waals surface area (Å²) >= 11 is 0. The first-order valence-corrected chi connectivity index (χ1v) is 9.63. The largest absolute Gasteiger partial charge is 0.316 e. The molecule has 0 saturated heterocycles. The molecule has 0 aliphatic rings. The topological polar surface area (TPSA) is 62.8 Å². The van der Waals surface area contributed by atoms with Gasteiger partial charge in [-0.1, -0.05) is 25.7 Å². The summed E-state index contributed by atoms with van der Waals surface area (Å²) in [6.07, 6.45) is 8.13. The molecule has 0 rings (SSSR count). The maximum atomic E-state index is 8.69. The number of hydrogen-bond donors (Lipinski definition) is 0. The second kappa shape index (κ2) is 19.2. The van der Waals surface area contributed by atoms with E-state index in [2.05, 4.69) is 31.6 Å². The first-order valence-electron chi connectivity index (χ1n) is 9.63. The van der Waals surface area contributed by atoms with Crippen LogP contribution in [0.1, 0.15) is 51.4 Å². The van der Waals surface area contributed by atoms with Crippen LogP contribution >= 0.6 is 0 Å². The highest BCUT2D eigenvalue weighted by Gasteiger charge is 2.07. The first kappa shape index (κ1) is 23.9. The highest BCUT2D eigenvalue weighted by Crippen LogP contribution is 2.08. The van der Waals surface area contributed by atoms with Crippen molar-refractivity contribution in [1.29, 1.82) is 10.5 Å². The normalized spacial score (nSPS) is 10.2. The van der Waals surface area contributed by atoms with Crippen LogP contribution in [0.25, 0.3) is 9.69 Å². The van der Waals surface area contributed by atoms with Gasteiger partial charge in [-0.25, -0.2) is 13.1 Å². The van der Waals surface area contributed by atoms with Gasteiger partial charge in [-0.3, -0.25) is 4.90 Å². The molecule has 0 spiro atoms. The van der Waals surface area contributed by atoms with Gasteiger partial charge in [0.1, 0.15) is 0 Å². The van der Waals surface area contributed by atoms with Gasteiger partial charge in [0.05, 0.1) is 25.2 Å². The van der Waals surface area contributed by atoms with Crippen molar-refractivity contribution in [1.82, 2.24) is 9.80 Å². The number of rotatable bonds is 17. The fourth-order valence-corrected chi connectivity index (χ4v) is 2.85. The van der Waals surface area contributed by atoms with Gasteiger partial charge in [0, 0.05) is 25.9 Å². The van der Waals surface area contributed by atoms with Crippen molar-refractivity contribution in [2.24, 2.45) is 0 Å². The van der Waals surface area contributed by atoms with E-state index in [4.69, 9.17) is 23.7 Å². The zero-order valence-corrected chi connectivity index (χ0v) is 16.0. The van der Waals surface area contributed by atoms with Crippen LogP contribution in [0.5, 0.6) is 0 Å². The molecule has 0 saturated carbocycles. The predicted molar refractivity (Wildman–Crippen MR) is 104 cm³/mol. The second-order valence-corrected chi connectivity index (χ2v) is 6.38. The van der Waals surface area contributed by atoms with Gasteiger partial charge < -0.3 is 14.6 Å². The molecular weight excluding hydrogens is 324 g/mol. The Balaban J connectivity index is 3.71. The maximum Gasteiger partial charge on any atom is 0.227 e. The van der Waals surface area contributed by atoms with Gasteiger partial charge in [0.2, 0.25) is 13.1 Å². The quantitative estimate of drug-likeness (QED) is 0.295. The molecule has 6 nitrogen and oxygen atoms in total. The molecule has 0 aromatic rings. The van der Waals surface area contributed by atoms with Crippen LogP contribution in [0.3, 0.4) is 0 Å². The third kappa shape index (κ3) is 15.4. The standard InChI is InChI=1S/C20H32N6/c1-23-13-19-26(20-14-24-2)16-8-6-4-3-5-7-15-25(17-9-11-21)18-10-12-22/h3-10,13-20H2. The minimum atomic E-state index is 0.520. The van der Waals surface area contributed by atoms with Crippen molar-refractivity contribution in [3.05, 3.63) is 22.8 Å². The molecule has 0 aromatic heterocycles. The molecule has 0 amide bonds. The molecule has 0 radical (unpaired) electrons. The van der Waals surface area contributed by atoms with Gasteiger partial charge in [0.25, 0.3) is 0 Å². The number of nitriles is 2. The van der Waals surface area contributed by atoms with Crippen LogP contribution in [0.15, 0.2) is 0 Å². The number of unbranched alkanes of at least 4 members (excludes halogenated alkanes) is 5. The van der Waals surface area contributed by atoms with E-state index in [1.165, 1.54) is 25.7 Å². The summed E-state index contributed by atoms with van der Waals surface area (Å²) in [7, 11) is 0. The van der Waals surface area contributed by atoms with Crippen LogP contribution in [-0.2, 0) is 0 Å². The summed E-state index contributed by atoms with van der Waals surface area (Å²) in [5.41, 5.74) is 0. The summed E-state index contributed by atoms with van der Waals surface area (Å²) < 4.78 is 0. The zero-order chi connectivity index (χ0) is 19.3. The highest BCUT2D eigenvalue weighted by atomic mass is 15.1. The summed E-state index contributed by atoms with van der Waals surface area (Å²) in [6.45, 7) is 19.9. The molecular formula is C20H32N6. The van der Waals surface area contributed by atoms with Crippen molar-refractivity contribution >= 4 is 0 Å². The van der Waals surface area contributed by atoms with Crippen molar-refractivity contribution in [2.45, 2.75) is 51.4 Å². The van der Waals surface area contributed by atoms with Crippen LogP contribution < -0.4 is 0 Å². The Labute approximate surface area is 159 Å². The molecule has 0 aromatic carbocycles. The molecule has 0 N–H and O–H groups in total. The average molecular weight is 357 g/mol. The minimum Gasteiger partial charge on any atom is -0.316 e. The van der Waals surface area contributed by atoms with E-state index in [9.17, 15) is 0 Å². The first-order chi connectivity index (χ1) is 12.8. The van der Waals surface area contributed by atoms with E-state index in [1.54, 1.807) is 0 Å². The third-order valence-electron chi connectivity index (χ3n) is 4.33. The van der Waals surface area contributed by atoms with Gasteiger partial charge in [-0.2, -0.15) is 10.5 Å². The van der Waals surface area contributed by atoms with E-state index >= 15 is 0 Å². The van der Waals surface area contributed by atoms with Crippen LogP contribution in [0, 0.1) is 35.8 Å². The molecule has 6 heteroatoms. The van der Waals surface area contributed by atoms with Crippen molar-refractivity contribution in [3.63, 3.8) is 0 Å². The average Bonchev–Trinajstić information content (AvgIpc) is 2.66. The predicted octanol–water partition coefficient (Wildman–Crippen LogP) is 3.60. The Kier molecular flexibility index (Phi) is 17.6. The lowest BCUT2D eigenvalue weighted by molar-refractivity contribution is 0.277. The van der Waals surface area contributed by atoms with Crippen molar-refractivity contribution < 1.29 is 0 Å². The Morgan fingerprint density at radius 2 is 0.962 bits per heavy atom. The van der Waals surface area contributed by atoms with Crippen LogP contribution in [0.4, 0.5) is 0 Å². The number of nitrogens with zero attached hydrogens (tertiary/aromatic N) is 6. The Morgan fingerprint density at radius 3 is 1.35 bits per heavy atom. The molecule has 26 heavy (non-hydrogen) atoms. The zero-order valence-electron chi connectivity index (χ0n) is 16.0. The van der Waals surface area contributed by atoms with Gasteiger partial charge in [-0.15, -0.1) is 0 Å². The molecule has 0 bridgehead atoms. The molecule has 0 fully saturated rings. The van der Waals surface area contributed by atoms with E-state index in [0.717, 1.165) is 52.1 Å². The molecule has 142 valence electrons. The molecule has 0 atom stereocenters. The fourth-order valence-electron chi connectivity index (χ4n) is 2.85. The Morgan fingerprint density at radius 1 is 0.577 bits per heavy atom. The Hall–Kier alpha value is -2.12.